The van der Waals surface area contributed by atoms with Gasteiger partial charge < -0.3 is 5.11 Å². The molecular formula is C15H24O. The van der Waals surface area contributed by atoms with Crippen LogP contribution in [-0.2, 0) is 0 Å². The number of hydrogen-bond acceptors (Lipinski definition) is 1. The van der Waals surface area contributed by atoms with E-state index in [-0.39, 0.29) is 6.10 Å². The van der Waals surface area contributed by atoms with Crippen molar-refractivity contribution in [3.05, 3.63) is 24.3 Å². The normalized spacial score (nSPS) is 40.4. The lowest BCUT2D eigenvalue weighted by Crippen LogP contribution is -2.28. The molecule has 0 saturated heterocycles. The monoisotopic (exact) mass is 220 g/mol. The second-order valence-electron chi connectivity index (χ2n) is 5.34. The first-order chi connectivity index (χ1) is 7.86. The molecule has 1 saturated carbocycles. The number of fused-ring (bicyclic) bond motifs is 2. The van der Waals surface area contributed by atoms with E-state index in [1.807, 2.05) is 0 Å². The smallest absolute Gasteiger partial charge is 0.0568 e. The fourth-order valence-corrected chi connectivity index (χ4v) is 3.01. The highest BCUT2D eigenvalue weighted by atomic mass is 16.3. The molecule has 1 fully saturated rings. The summed E-state index contributed by atoms with van der Waals surface area (Å²) in [6.07, 6.45) is 18.6. The number of rotatable bonds is 0. The highest BCUT2D eigenvalue weighted by Crippen LogP contribution is 2.34. The number of aliphatic hydroxyl groups excluding tert-OH is 1. The minimum absolute atomic E-state index is 0.0310. The molecule has 3 unspecified atom stereocenters. The van der Waals surface area contributed by atoms with Crippen molar-refractivity contribution in [1.82, 2.24) is 0 Å². The largest absolute Gasteiger partial charge is 0.393 e. The molecule has 2 aliphatic rings. The molecule has 1 heteroatoms. The Labute approximate surface area is 99.3 Å². The van der Waals surface area contributed by atoms with Gasteiger partial charge >= 0.3 is 0 Å². The quantitative estimate of drug-likeness (QED) is 0.615. The lowest BCUT2D eigenvalue weighted by Gasteiger charge is -2.33. The first-order valence-electron chi connectivity index (χ1n) is 6.84. The van der Waals surface area contributed by atoms with Crippen LogP contribution in [0, 0.1) is 11.8 Å². The molecule has 2 aliphatic carbocycles. The standard InChI is InChI=1S/C15H24O/c16-15-11-10-13-8-6-4-2-1-3-5-7-9-14(15)12-13/h3-6,13-16H,1-2,7-12H2/b5-3-,6-4-. The summed E-state index contributed by atoms with van der Waals surface area (Å²) >= 11 is 0. The third kappa shape index (κ3) is 3.48. The van der Waals surface area contributed by atoms with Crippen molar-refractivity contribution in [3.63, 3.8) is 0 Å². The minimum Gasteiger partial charge on any atom is -0.393 e. The topological polar surface area (TPSA) is 20.2 Å². The Balaban J connectivity index is 1.95. The van der Waals surface area contributed by atoms with Crippen molar-refractivity contribution in [1.29, 1.82) is 0 Å². The van der Waals surface area contributed by atoms with E-state index in [1.54, 1.807) is 0 Å². The van der Waals surface area contributed by atoms with Gasteiger partial charge in [-0.15, -0.1) is 0 Å². The van der Waals surface area contributed by atoms with Crippen LogP contribution in [0.25, 0.3) is 0 Å². The molecule has 3 atom stereocenters. The van der Waals surface area contributed by atoms with E-state index >= 15 is 0 Å². The van der Waals surface area contributed by atoms with Crippen molar-refractivity contribution in [2.75, 3.05) is 0 Å². The van der Waals surface area contributed by atoms with Crippen LogP contribution >= 0.6 is 0 Å². The van der Waals surface area contributed by atoms with Crippen LogP contribution in [0.1, 0.15) is 51.4 Å². The summed E-state index contributed by atoms with van der Waals surface area (Å²) < 4.78 is 0. The molecule has 0 heterocycles. The summed E-state index contributed by atoms with van der Waals surface area (Å²) in [6.45, 7) is 0. The van der Waals surface area contributed by atoms with Gasteiger partial charge in [0.2, 0.25) is 0 Å². The van der Waals surface area contributed by atoms with E-state index in [0.717, 1.165) is 18.8 Å². The Morgan fingerprint density at radius 3 is 2.44 bits per heavy atom. The molecular weight excluding hydrogens is 196 g/mol. The van der Waals surface area contributed by atoms with E-state index < -0.39 is 0 Å². The summed E-state index contributed by atoms with van der Waals surface area (Å²) in [6, 6.07) is 0. The lowest BCUT2D eigenvalue weighted by atomic mass is 9.76. The van der Waals surface area contributed by atoms with Gasteiger partial charge in [-0.25, -0.2) is 0 Å². The van der Waals surface area contributed by atoms with Gasteiger partial charge in [0.05, 0.1) is 6.10 Å². The zero-order valence-electron chi connectivity index (χ0n) is 10.1. The minimum atomic E-state index is -0.0310. The molecule has 1 nitrogen and oxygen atoms in total. The molecule has 90 valence electrons. The predicted octanol–water partition coefficient (Wildman–Crippen LogP) is 3.84. The van der Waals surface area contributed by atoms with Crippen LogP contribution in [0.2, 0.25) is 0 Å². The second-order valence-corrected chi connectivity index (χ2v) is 5.34. The van der Waals surface area contributed by atoms with Gasteiger partial charge in [0.1, 0.15) is 0 Å². The van der Waals surface area contributed by atoms with Gasteiger partial charge in [0, 0.05) is 0 Å². The molecule has 0 aromatic heterocycles. The number of aliphatic hydroxyl groups is 1. The van der Waals surface area contributed by atoms with Crippen LogP contribution in [0.3, 0.4) is 0 Å². The van der Waals surface area contributed by atoms with Crippen LogP contribution in [0.4, 0.5) is 0 Å². The van der Waals surface area contributed by atoms with Crippen LogP contribution < -0.4 is 0 Å². The van der Waals surface area contributed by atoms with E-state index in [1.165, 1.54) is 38.5 Å². The first kappa shape index (κ1) is 11.9. The van der Waals surface area contributed by atoms with Crippen LogP contribution in [-0.4, -0.2) is 11.2 Å². The van der Waals surface area contributed by atoms with Crippen molar-refractivity contribution in [3.8, 4) is 0 Å². The van der Waals surface area contributed by atoms with Gasteiger partial charge in [0.25, 0.3) is 0 Å². The summed E-state index contributed by atoms with van der Waals surface area (Å²) in [7, 11) is 0. The third-order valence-corrected chi connectivity index (χ3v) is 4.06. The SMILES string of the molecule is OC1CCC2C/C=C\CC/C=C\CCC1C2. The Morgan fingerprint density at radius 2 is 1.56 bits per heavy atom. The second kappa shape index (κ2) is 6.24. The third-order valence-electron chi connectivity index (χ3n) is 4.06. The van der Waals surface area contributed by atoms with E-state index in [4.69, 9.17) is 0 Å². The molecule has 0 amide bonds. The number of hydrogen-bond donors (Lipinski definition) is 1. The maximum absolute atomic E-state index is 9.98. The van der Waals surface area contributed by atoms with Crippen molar-refractivity contribution in [2.45, 2.75) is 57.5 Å². The molecule has 0 radical (unpaired) electrons. The Morgan fingerprint density at radius 1 is 0.812 bits per heavy atom. The summed E-state index contributed by atoms with van der Waals surface area (Å²) in [5, 5.41) is 9.98. The Bertz CT molecular complexity index is 254. The fraction of sp³-hybridized carbons (Fsp3) is 0.733. The first-order valence-corrected chi connectivity index (χ1v) is 6.84. The number of allylic oxidation sites excluding steroid dienone is 4. The van der Waals surface area contributed by atoms with E-state index in [0.29, 0.717) is 5.92 Å². The highest BCUT2D eigenvalue weighted by Gasteiger charge is 2.27. The maximum Gasteiger partial charge on any atom is 0.0568 e. The molecule has 1 N–H and O–H groups in total. The maximum atomic E-state index is 9.98. The lowest BCUT2D eigenvalue weighted by molar-refractivity contribution is 0.0448. The van der Waals surface area contributed by atoms with Crippen molar-refractivity contribution < 1.29 is 5.11 Å². The van der Waals surface area contributed by atoms with Gasteiger partial charge in [-0.3, -0.25) is 0 Å². The molecule has 2 rings (SSSR count). The zero-order valence-corrected chi connectivity index (χ0v) is 10.1. The van der Waals surface area contributed by atoms with Gasteiger partial charge in [-0.2, -0.15) is 0 Å². The molecule has 0 aromatic rings. The molecule has 0 spiro atoms. The summed E-state index contributed by atoms with van der Waals surface area (Å²) in [4.78, 5) is 0. The average molecular weight is 220 g/mol. The summed E-state index contributed by atoms with van der Waals surface area (Å²) in [5.41, 5.74) is 0. The molecule has 0 aliphatic heterocycles. The van der Waals surface area contributed by atoms with Crippen molar-refractivity contribution in [2.24, 2.45) is 11.8 Å². The van der Waals surface area contributed by atoms with E-state index in [9.17, 15) is 5.11 Å². The summed E-state index contributed by atoms with van der Waals surface area (Å²) in [5.74, 6) is 1.38. The van der Waals surface area contributed by atoms with Crippen molar-refractivity contribution >= 4 is 0 Å². The Hall–Kier alpha value is -0.560. The Kier molecular flexibility index (Phi) is 4.65. The van der Waals surface area contributed by atoms with Gasteiger partial charge in [-0.05, 0) is 63.2 Å². The fourth-order valence-electron chi connectivity index (χ4n) is 3.01. The predicted molar refractivity (Wildman–Crippen MR) is 68.2 cm³/mol. The molecule has 0 aromatic carbocycles. The van der Waals surface area contributed by atoms with Gasteiger partial charge in [0.15, 0.2) is 0 Å². The highest BCUT2D eigenvalue weighted by molar-refractivity contribution is 4.93. The zero-order chi connectivity index (χ0) is 11.2. The van der Waals surface area contributed by atoms with Gasteiger partial charge in [-0.1, -0.05) is 24.3 Å². The van der Waals surface area contributed by atoms with Crippen LogP contribution in [0.15, 0.2) is 24.3 Å². The molecule has 2 bridgehead atoms. The molecule has 16 heavy (non-hydrogen) atoms. The van der Waals surface area contributed by atoms with Crippen LogP contribution in [0.5, 0.6) is 0 Å². The average Bonchev–Trinajstić information content (AvgIpc) is 2.28. The van der Waals surface area contributed by atoms with E-state index in [2.05, 4.69) is 24.3 Å².